The van der Waals surface area contributed by atoms with Crippen molar-refractivity contribution in [2.75, 3.05) is 6.66 Å². The Balaban J connectivity index is 2.04. The van der Waals surface area contributed by atoms with Crippen LogP contribution in [0.2, 0.25) is 0 Å². The summed E-state index contributed by atoms with van der Waals surface area (Å²) in [6, 6.07) is 0.291. The Bertz CT molecular complexity index is 412. The summed E-state index contributed by atoms with van der Waals surface area (Å²) >= 11 is 0. The van der Waals surface area contributed by atoms with Gasteiger partial charge >= 0.3 is 19.6 Å². The van der Waals surface area contributed by atoms with E-state index in [1.807, 2.05) is 0 Å². The van der Waals surface area contributed by atoms with Gasteiger partial charge in [-0.15, -0.1) is 0 Å². The number of aromatic amines is 2. The molecule has 0 fully saturated rings. The standard InChI is InChI=1S/C7H9N4O3P/c1-15(12,13-6-8-2-3-9-6)14-7-10-4-5-11-7/h2-5H,1H3,(H,8,9)(H,10,11). The van der Waals surface area contributed by atoms with Crippen LogP contribution in [0.1, 0.15) is 0 Å². The lowest BCUT2D eigenvalue weighted by molar-refractivity contribution is 0.372. The maximum Gasteiger partial charge on any atom is 0.432 e. The minimum atomic E-state index is -3.26. The van der Waals surface area contributed by atoms with E-state index in [0.717, 1.165) is 0 Å². The molecule has 2 aromatic heterocycles. The maximum atomic E-state index is 11.8. The van der Waals surface area contributed by atoms with Crippen LogP contribution in [0.25, 0.3) is 0 Å². The van der Waals surface area contributed by atoms with Gasteiger partial charge in [0.05, 0.1) is 6.66 Å². The summed E-state index contributed by atoms with van der Waals surface area (Å²) in [5.41, 5.74) is 0. The Morgan fingerprint density at radius 2 is 1.60 bits per heavy atom. The summed E-state index contributed by atoms with van der Waals surface area (Å²) in [6.45, 7) is 1.33. The van der Waals surface area contributed by atoms with Crippen molar-refractivity contribution in [3.05, 3.63) is 24.8 Å². The van der Waals surface area contributed by atoms with Gasteiger partial charge in [-0.1, -0.05) is 0 Å². The third-order valence-corrected chi connectivity index (χ3v) is 2.46. The highest BCUT2D eigenvalue weighted by molar-refractivity contribution is 7.53. The van der Waals surface area contributed by atoms with Crippen molar-refractivity contribution in [1.82, 2.24) is 19.9 Å². The molecule has 0 saturated carbocycles. The van der Waals surface area contributed by atoms with Gasteiger partial charge in [-0.2, -0.15) is 0 Å². The molecule has 8 heteroatoms. The number of nitrogens with one attached hydrogen (secondary N) is 2. The zero-order valence-electron chi connectivity index (χ0n) is 7.88. The van der Waals surface area contributed by atoms with E-state index in [1.54, 1.807) is 12.4 Å². The van der Waals surface area contributed by atoms with Crippen LogP contribution >= 0.6 is 7.60 Å². The minimum absolute atomic E-state index is 0.146. The highest BCUT2D eigenvalue weighted by atomic mass is 31.2. The van der Waals surface area contributed by atoms with Gasteiger partial charge in [0, 0.05) is 24.8 Å². The molecule has 0 aliphatic carbocycles. The number of rotatable bonds is 4. The van der Waals surface area contributed by atoms with E-state index >= 15 is 0 Å². The van der Waals surface area contributed by atoms with E-state index in [4.69, 9.17) is 9.05 Å². The lowest BCUT2D eigenvalue weighted by Crippen LogP contribution is -2.00. The molecule has 0 atom stereocenters. The van der Waals surface area contributed by atoms with E-state index in [9.17, 15) is 4.57 Å². The van der Waals surface area contributed by atoms with E-state index in [0.29, 0.717) is 0 Å². The quantitative estimate of drug-likeness (QED) is 0.771. The van der Waals surface area contributed by atoms with Crippen molar-refractivity contribution < 1.29 is 13.6 Å². The molecule has 2 rings (SSSR count). The van der Waals surface area contributed by atoms with Crippen molar-refractivity contribution in [2.24, 2.45) is 0 Å². The topological polar surface area (TPSA) is 92.9 Å². The predicted molar refractivity (Wildman–Crippen MR) is 52.0 cm³/mol. The van der Waals surface area contributed by atoms with Crippen molar-refractivity contribution in [1.29, 1.82) is 0 Å². The van der Waals surface area contributed by atoms with Crippen LogP contribution in [-0.4, -0.2) is 26.6 Å². The molecule has 2 heterocycles. The smallest absolute Gasteiger partial charge is 0.382 e. The first-order valence-electron chi connectivity index (χ1n) is 4.11. The molecule has 0 aromatic carbocycles. The third kappa shape index (κ3) is 2.60. The summed E-state index contributed by atoms with van der Waals surface area (Å²) < 4.78 is 21.8. The second kappa shape index (κ2) is 3.78. The van der Waals surface area contributed by atoms with Gasteiger partial charge in [0.15, 0.2) is 0 Å². The molecule has 0 amide bonds. The number of hydrogen-bond donors (Lipinski definition) is 2. The van der Waals surface area contributed by atoms with Crippen LogP contribution in [0.4, 0.5) is 0 Å². The molecule has 0 bridgehead atoms. The predicted octanol–water partition coefficient (Wildman–Crippen LogP) is 1.41. The number of nitrogens with zero attached hydrogens (tertiary/aromatic N) is 2. The lowest BCUT2D eigenvalue weighted by Gasteiger charge is -2.11. The first kappa shape index (κ1) is 9.79. The van der Waals surface area contributed by atoms with Crippen LogP contribution in [0, 0.1) is 0 Å². The van der Waals surface area contributed by atoms with Gasteiger partial charge in [0.2, 0.25) is 0 Å². The van der Waals surface area contributed by atoms with Crippen LogP contribution in [-0.2, 0) is 4.57 Å². The van der Waals surface area contributed by atoms with Gasteiger partial charge < -0.3 is 19.0 Å². The molecule has 80 valence electrons. The van der Waals surface area contributed by atoms with Crippen molar-refractivity contribution in [2.45, 2.75) is 0 Å². The zero-order chi connectivity index (χ0) is 10.7. The Morgan fingerprint density at radius 1 is 1.13 bits per heavy atom. The zero-order valence-corrected chi connectivity index (χ0v) is 8.77. The molecule has 2 N–H and O–H groups in total. The molecule has 0 unspecified atom stereocenters. The summed E-state index contributed by atoms with van der Waals surface area (Å²) in [4.78, 5) is 12.9. The molecule has 0 spiro atoms. The SMILES string of the molecule is CP(=O)(Oc1ncc[nH]1)Oc1ncc[nH]1. The fraction of sp³-hybridized carbons (Fsp3) is 0.143. The maximum absolute atomic E-state index is 11.8. The second-order valence-electron chi connectivity index (χ2n) is 2.74. The highest BCUT2D eigenvalue weighted by Gasteiger charge is 2.22. The van der Waals surface area contributed by atoms with E-state index in [1.165, 1.54) is 19.1 Å². The van der Waals surface area contributed by atoms with Gasteiger partial charge in [-0.3, -0.25) is 0 Å². The Labute approximate surface area is 85.4 Å². The van der Waals surface area contributed by atoms with Crippen molar-refractivity contribution >= 4 is 7.60 Å². The summed E-state index contributed by atoms with van der Waals surface area (Å²) in [6.07, 6.45) is 6.09. The molecule has 15 heavy (non-hydrogen) atoms. The van der Waals surface area contributed by atoms with Crippen LogP contribution < -0.4 is 9.05 Å². The van der Waals surface area contributed by atoms with Crippen molar-refractivity contribution in [3.63, 3.8) is 0 Å². The normalized spacial score (nSPS) is 11.3. The van der Waals surface area contributed by atoms with Crippen LogP contribution in [0.15, 0.2) is 24.8 Å². The van der Waals surface area contributed by atoms with Gasteiger partial charge in [-0.25, -0.2) is 14.5 Å². The fourth-order valence-corrected chi connectivity index (χ4v) is 1.80. The second-order valence-corrected chi connectivity index (χ2v) is 4.65. The molecule has 7 nitrogen and oxygen atoms in total. The molecule has 0 aliphatic heterocycles. The van der Waals surface area contributed by atoms with Crippen LogP contribution in [0.5, 0.6) is 12.0 Å². The van der Waals surface area contributed by atoms with Gasteiger partial charge in [-0.05, 0) is 0 Å². The Kier molecular flexibility index (Phi) is 2.47. The number of aromatic nitrogens is 4. The molecule has 0 saturated heterocycles. The minimum Gasteiger partial charge on any atom is -0.382 e. The number of hydrogen-bond acceptors (Lipinski definition) is 5. The Morgan fingerprint density at radius 3 is 1.93 bits per heavy atom. The fourth-order valence-electron chi connectivity index (χ4n) is 0.934. The first-order chi connectivity index (χ1) is 7.16. The van der Waals surface area contributed by atoms with Crippen LogP contribution in [0.3, 0.4) is 0 Å². The highest BCUT2D eigenvalue weighted by Crippen LogP contribution is 2.42. The van der Waals surface area contributed by atoms with E-state index in [2.05, 4.69) is 19.9 Å². The summed E-state index contributed by atoms with van der Waals surface area (Å²) in [5, 5.41) is 0. The lowest BCUT2D eigenvalue weighted by atomic mass is 11.0. The molecular formula is C7H9N4O3P. The monoisotopic (exact) mass is 228 g/mol. The molecule has 0 aliphatic rings. The molecule has 0 radical (unpaired) electrons. The average molecular weight is 228 g/mol. The summed E-state index contributed by atoms with van der Waals surface area (Å²) in [7, 11) is -3.26. The van der Waals surface area contributed by atoms with E-state index < -0.39 is 7.60 Å². The van der Waals surface area contributed by atoms with Gasteiger partial charge in [0.1, 0.15) is 0 Å². The number of imidazole rings is 2. The Hall–Kier alpha value is -1.75. The third-order valence-electron chi connectivity index (χ3n) is 1.45. The van der Waals surface area contributed by atoms with Gasteiger partial charge in [0.25, 0.3) is 0 Å². The largest absolute Gasteiger partial charge is 0.432 e. The summed E-state index contributed by atoms with van der Waals surface area (Å²) in [5.74, 6) is 0. The average Bonchev–Trinajstić information content (AvgIpc) is 2.75. The first-order valence-corrected chi connectivity index (χ1v) is 6.10. The van der Waals surface area contributed by atoms with E-state index in [-0.39, 0.29) is 12.0 Å². The van der Waals surface area contributed by atoms with Crippen molar-refractivity contribution in [3.8, 4) is 12.0 Å². The molecule has 2 aromatic rings. The number of H-pyrrole nitrogens is 2. The molecular weight excluding hydrogens is 219 g/mol.